The van der Waals surface area contributed by atoms with Crippen molar-refractivity contribution in [3.05, 3.63) is 100 Å². The molecule has 1 heterocycles. The van der Waals surface area contributed by atoms with Gasteiger partial charge in [0.15, 0.2) is 5.76 Å². The Morgan fingerprint density at radius 3 is 2.39 bits per heavy atom. The lowest BCUT2D eigenvalue weighted by Gasteiger charge is -2.11. The van der Waals surface area contributed by atoms with Gasteiger partial charge < -0.3 is 14.0 Å². The third-order valence-corrected chi connectivity index (χ3v) is 6.28. The van der Waals surface area contributed by atoms with E-state index in [4.69, 9.17) is 37.2 Å². The average Bonchev–Trinajstić information content (AvgIpc) is 3.24. The van der Waals surface area contributed by atoms with Crippen LogP contribution in [0.4, 0.5) is 10.5 Å². The maximum absolute atomic E-state index is 12.6. The van der Waals surface area contributed by atoms with Crippen LogP contribution in [-0.4, -0.2) is 23.8 Å². The van der Waals surface area contributed by atoms with Gasteiger partial charge in [-0.2, -0.15) is 0 Å². The molecule has 0 atom stereocenters. The minimum atomic E-state index is -0.780. The van der Waals surface area contributed by atoms with Crippen LogP contribution in [0.1, 0.15) is 23.7 Å². The van der Waals surface area contributed by atoms with Gasteiger partial charge in [-0.25, -0.2) is 4.79 Å². The summed E-state index contributed by atoms with van der Waals surface area (Å²) < 4.78 is 15.8. The van der Waals surface area contributed by atoms with Crippen LogP contribution >= 0.6 is 23.2 Å². The molecule has 4 rings (SSSR count). The van der Waals surface area contributed by atoms with Gasteiger partial charge in [-0.05, 0) is 54.8 Å². The first-order valence-corrected chi connectivity index (χ1v) is 12.5. The fourth-order valence-electron chi connectivity index (χ4n) is 3.76. The van der Waals surface area contributed by atoms with Gasteiger partial charge in [-0.15, -0.1) is 0 Å². The first-order valence-electron chi connectivity index (χ1n) is 11.7. The van der Waals surface area contributed by atoms with E-state index in [1.54, 1.807) is 50.2 Å². The Morgan fingerprint density at radius 2 is 1.71 bits per heavy atom. The highest BCUT2D eigenvalue weighted by Gasteiger charge is 2.21. The van der Waals surface area contributed by atoms with Crippen molar-refractivity contribution >= 4 is 46.7 Å². The normalized spacial score (nSPS) is 10.6. The lowest BCUT2D eigenvalue weighted by atomic mass is 10.0. The quantitative estimate of drug-likeness (QED) is 0.177. The van der Waals surface area contributed by atoms with Crippen LogP contribution in [0.15, 0.2) is 77.8 Å². The molecular weight excluding hydrogens is 527 g/mol. The molecule has 3 aromatic carbocycles. The molecule has 38 heavy (non-hydrogen) atoms. The Bertz CT molecular complexity index is 1500. The molecule has 0 aliphatic heterocycles. The lowest BCUT2D eigenvalue weighted by Crippen LogP contribution is -2.13. The predicted molar refractivity (Wildman–Crippen MR) is 148 cm³/mol. The maximum Gasteiger partial charge on any atom is 0.417 e. The third kappa shape index (κ3) is 6.25. The second-order valence-corrected chi connectivity index (χ2v) is 9.08. The summed E-state index contributed by atoms with van der Waals surface area (Å²) in [4.78, 5) is 24.3. The predicted octanol–water partition coefficient (Wildman–Crippen LogP) is 7.95. The van der Waals surface area contributed by atoms with Gasteiger partial charge in [0.05, 0.1) is 23.1 Å². The van der Waals surface area contributed by atoms with Crippen molar-refractivity contribution in [2.45, 2.75) is 20.3 Å². The van der Waals surface area contributed by atoms with E-state index in [1.807, 2.05) is 30.3 Å². The van der Waals surface area contributed by atoms with Crippen LogP contribution in [-0.2, 0) is 20.7 Å². The molecule has 0 bridgehead atoms. The first kappa shape index (κ1) is 27.0. The molecule has 1 N–H and O–H groups in total. The van der Waals surface area contributed by atoms with Crippen molar-refractivity contribution in [2.24, 2.45) is 0 Å². The minimum absolute atomic E-state index is 0.0967. The Labute approximate surface area is 230 Å². The number of anilines is 1. The van der Waals surface area contributed by atoms with Gasteiger partial charge in [-0.3, -0.25) is 10.1 Å². The van der Waals surface area contributed by atoms with E-state index in [-0.39, 0.29) is 23.9 Å². The van der Waals surface area contributed by atoms with Crippen LogP contribution in [0.5, 0.6) is 0 Å². The molecule has 0 aliphatic carbocycles. The summed E-state index contributed by atoms with van der Waals surface area (Å²) in [6, 6.07) is 19.9. The molecule has 0 saturated heterocycles. The standard InChI is InChI=1S/C29H24Cl2N2O5/c1-4-36-26(34)15-19-9-11-20(12-10-19)21-13-14-23(25(31)16-21)28-27(17(2)33-38-28)32-29(35)37-18(3)22-7-5-6-8-24(22)30/h5-14,16H,3-4,15H2,1-2H3,(H,32,35). The molecule has 0 fully saturated rings. The van der Waals surface area contributed by atoms with Gasteiger partial charge in [0.1, 0.15) is 17.1 Å². The fraction of sp³-hybridized carbons (Fsp3) is 0.138. The van der Waals surface area contributed by atoms with Crippen LogP contribution < -0.4 is 5.32 Å². The Balaban J connectivity index is 1.50. The highest BCUT2D eigenvalue weighted by Crippen LogP contribution is 2.38. The molecule has 1 aromatic heterocycles. The number of nitrogens with zero attached hydrogens (tertiary/aromatic N) is 1. The number of ether oxygens (including phenoxy) is 2. The number of aryl methyl sites for hydroxylation is 1. The number of hydrogen-bond acceptors (Lipinski definition) is 6. The van der Waals surface area contributed by atoms with Crippen molar-refractivity contribution in [1.29, 1.82) is 0 Å². The van der Waals surface area contributed by atoms with Gasteiger partial charge >= 0.3 is 12.1 Å². The van der Waals surface area contributed by atoms with E-state index in [0.717, 1.165) is 16.7 Å². The molecule has 0 aliphatic rings. The van der Waals surface area contributed by atoms with E-state index < -0.39 is 6.09 Å². The van der Waals surface area contributed by atoms with Crippen molar-refractivity contribution in [2.75, 3.05) is 11.9 Å². The molecule has 4 aromatic rings. The zero-order chi connectivity index (χ0) is 27.2. The van der Waals surface area contributed by atoms with Crippen LogP contribution in [0.2, 0.25) is 10.0 Å². The van der Waals surface area contributed by atoms with Crippen molar-refractivity contribution in [3.63, 3.8) is 0 Å². The Kier molecular flexibility index (Phi) is 8.51. The van der Waals surface area contributed by atoms with Crippen molar-refractivity contribution < 1.29 is 23.6 Å². The Hall–Kier alpha value is -4.07. The second-order valence-electron chi connectivity index (χ2n) is 8.26. The molecule has 1 amide bonds. The molecule has 0 spiro atoms. The molecule has 0 unspecified atom stereocenters. The van der Waals surface area contributed by atoms with Gasteiger partial charge in [-0.1, -0.05) is 77.4 Å². The van der Waals surface area contributed by atoms with Crippen molar-refractivity contribution in [1.82, 2.24) is 5.16 Å². The first-order chi connectivity index (χ1) is 18.3. The number of carbonyl (C=O) groups excluding carboxylic acids is 2. The molecule has 0 saturated carbocycles. The molecular formula is C29H24Cl2N2O5. The summed E-state index contributed by atoms with van der Waals surface area (Å²) in [5.41, 5.74) is 4.43. The number of rotatable bonds is 8. The number of halogens is 2. The number of amides is 1. The number of carbonyl (C=O) groups is 2. The van der Waals surface area contributed by atoms with Crippen molar-refractivity contribution in [3.8, 4) is 22.5 Å². The second kappa shape index (κ2) is 12.0. The van der Waals surface area contributed by atoms with Crippen LogP contribution in [0.25, 0.3) is 28.2 Å². The molecule has 0 radical (unpaired) electrons. The van der Waals surface area contributed by atoms with Gasteiger partial charge in [0.2, 0.25) is 0 Å². The monoisotopic (exact) mass is 550 g/mol. The Morgan fingerprint density at radius 1 is 1.00 bits per heavy atom. The zero-order valence-corrected chi connectivity index (χ0v) is 22.2. The largest absolute Gasteiger partial charge is 0.466 e. The van der Waals surface area contributed by atoms with E-state index >= 15 is 0 Å². The van der Waals surface area contributed by atoms with E-state index in [9.17, 15) is 9.59 Å². The average molecular weight is 551 g/mol. The number of esters is 1. The summed E-state index contributed by atoms with van der Waals surface area (Å²) in [5.74, 6) is 0.111. The van der Waals surface area contributed by atoms with E-state index in [0.29, 0.717) is 39.2 Å². The van der Waals surface area contributed by atoms with Crippen LogP contribution in [0.3, 0.4) is 0 Å². The topological polar surface area (TPSA) is 90.7 Å². The number of hydrogen-bond donors (Lipinski definition) is 1. The third-order valence-electron chi connectivity index (χ3n) is 5.63. The van der Waals surface area contributed by atoms with Gasteiger partial charge in [0, 0.05) is 11.1 Å². The molecule has 9 heteroatoms. The van der Waals surface area contributed by atoms with E-state index in [1.165, 1.54) is 0 Å². The number of nitrogens with one attached hydrogen (secondary N) is 1. The summed E-state index contributed by atoms with van der Waals surface area (Å²) in [6.07, 6.45) is -0.569. The lowest BCUT2D eigenvalue weighted by molar-refractivity contribution is -0.142. The molecule has 194 valence electrons. The maximum atomic E-state index is 12.6. The highest BCUT2D eigenvalue weighted by molar-refractivity contribution is 6.33. The zero-order valence-electron chi connectivity index (χ0n) is 20.7. The summed E-state index contributed by atoms with van der Waals surface area (Å²) in [6.45, 7) is 7.60. The van der Waals surface area contributed by atoms with Crippen LogP contribution in [0, 0.1) is 6.92 Å². The summed E-state index contributed by atoms with van der Waals surface area (Å²) >= 11 is 12.8. The van der Waals surface area contributed by atoms with E-state index in [2.05, 4.69) is 17.1 Å². The molecule has 7 nitrogen and oxygen atoms in total. The van der Waals surface area contributed by atoms with Gasteiger partial charge in [0.25, 0.3) is 0 Å². The SMILES string of the molecule is C=C(OC(=O)Nc1c(C)noc1-c1ccc(-c2ccc(CC(=O)OCC)cc2)cc1Cl)c1ccccc1Cl. The fourth-order valence-corrected chi connectivity index (χ4v) is 4.26. The highest BCUT2D eigenvalue weighted by atomic mass is 35.5. The summed E-state index contributed by atoms with van der Waals surface area (Å²) in [5, 5.41) is 7.45. The number of benzene rings is 3. The number of aromatic nitrogens is 1. The minimum Gasteiger partial charge on any atom is -0.466 e. The smallest absolute Gasteiger partial charge is 0.417 e. The summed E-state index contributed by atoms with van der Waals surface area (Å²) in [7, 11) is 0.